The van der Waals surface area contributed by atoms with E-state index in [0.717, 1.165) is 22.3 Å². The van der Waals surface area contributed by atoms with Crippen molar-refractivity contribution in [3.8, 4) is 5.75 Å². The maximum absolute atomic E-state index is 14.1. The molecular weight excluding hydrogens is 425 g/mol. The Morgan fingerprint density at radius 2 is 2.00 bits per heavy atom. The van der Waals surface area contributed by atoms with Gasteiger partial charge >= 0.3 is 5.97 Å². The molecule has 3 rings (SSSR count). The van der Waals surface area contributed by atoms with Crippen LogP contribution in [0.1, 0.15) is 18.2 Å². The number of carbonyl (C=O) groups excluding carboxylic acids is 2. The van der Waals surface area contributed by atoms with Gasteiger partial charge in [0.2, 0.25) is 5.91 Å². The Morgan fingerprint density at radius 3 is 2.65 bits per heavy atom. The summed E-state index contributed by atoms with van der Waals surface area (Å²) in [6.45, 7) is 2.84. The quantitative estimate of drug-likeness (QED) is 0.179. The van der Waals surface area contributed by atoms with Crippen molar-refractivity contribution in [1.82, 2.24) is 4.98 Å². The van der Waals surface area contributed by atoms with Crippen LogP contribution in [0.4, 0.5) is 20.9 Å². The van der Waals surface area contributed by atoms with Gasteiger partial charge in [-0.25, -0.2) is 14.2 Å². The highest BCUT2D eigenvalue weighted by atomic mass is 32.1. The van der Waals surface area contributed by atoms with Crippen LogP contribution in [0.25, 0.3) is 6.08 Å². The molecule has 1 heterocycles. The minimum atomic E-state index is -0.708. The molecule has 0 bridgehead atoms. The summed E-state index contributed by atoms with van der Waals surface area (Å²) >= 11 is 1.11. The molecule has 0 unspecified atom stereocenters. The van der Waals surface area contributed by atoms with Crippen molar-refractivity contribution in [2.75, 3.05) is 4.90 Å². The van der Waals surface area contributed by atoms with E-state index in [0.29, 0.717) is 11.3 Å². The lowest BCUT2D eigenvalue weighted by Gasteiger charge is -2.18. The second-order valence-corrected chi connectivity index (χ2v) is 7.16. The minimum Gasteiger partial charge on any atom is -0.423 e. The molecule has 1 aromatic heterocycles. The number of hydrogen-bond acceptors (Lipinski definition) is 7. The largest absolute Gasteiger partial charge is 0.423 e. The molecule has 8 nitrogen and oxygen atoms in total. The van der Waals surface area contributed by atoms with Crippen molar-refractivity contribution >= 4 is 45.8 Å². The zero-order valence-corrected chi connectivity index (χ0v) is 17.3. The van der Waals surface area contributed by atoms with E-state index in [1.165, 1.54) is 49.4 Å². The molecule has 0 spiro atoms. The molecule has 0 radical (unpaired) electrons. The Kier molecular flexibility index (Phi) is 6.51. The topological polar surface area (TPSA) is 103 Å². The molecule has 0 aliphatic carbocycles. The number of nitro benzene ring substituents is 1. The van der Waals surface area contributed by atoms with Crippen LogP contribution >= 0.6 is 11.3 Å². The van der Waals surface area contributed by atoms with Gasteiger partial charge in [-0.05, 0) is 37.3 Å². The lowest BCUT2D eigenvalue weighted by atomic mass is 10.2. The SMILES string of the molecule is CC(=O)N(c1nc(/C=C/C(=O)Oc2ccc([N+](=O)[O-])c(C)c2)cs1)c1ccccc1F. The number of benzene rings is 2. The van der Waals surface area contributed by atoms with Crippen LogP contribution in [-0.4, -0.2) is 21.8 Å². The third-order valence-corrected chi connectivity index (χ3v) is 4.93. The summed E-state index contributed by atoms with van der Waals surface area (Å²) < 4.78 is 19.3. The van der Waals surface area contributed by atoms with Crippen LogP contribution in [0.3, 0.4) is 0 Å². The van der Waals surface area contributed by atoms with Gasteiger partial charge in [0.1, 0.15) is 11.6 Å². The highest BCUT2D eigenvalue weighted by Gasteiger charge is 2.20. The Bertz CT molecular complexity index is 1190. The second-order valence-electron chi connectivity index (χ2n) is 6.32. The summed E-state index contributed by atoms with van der Waals surface area (Å²) in [7, 11) is 0. The summed E-state index contributed by atoms with van der Waals surface area (Å²) in [5.74, 6) is -1.52. The molecule has 0 fully saturated rings. The van der Waals surface area contributed by atoms with Crippen LogP contribution in [-0.2, 0) is 9.59 Å². The number of hydrogen-bond donors (Lipinski definition) is 0. The number of rotatable bonds is 6. The first-order chi connectivity index (χ1) is 14.8. The van der Waals surface area contributed by atoms with Crippen molar-refractivity contribution in [3.05, 3.63) is 81.1 Å². The Morgan fingerprint density at radius 1 is 1.26 bits per heavy atom. The summed E-state index contributed by atoms with van der Waals surface area (Å²) in [6, 6.07) is 9.82. The van der Waals surface area contributed by atoms with E-state index in [1.807, 2.05) is 0 Å². The second kappa shape index (κ2) is 9.26. The van der Waals surface area contributed by atoms with Crippen molar-refractivity contribution in [1.29, 1.82) is 0 Å². The number of para-hydroxylation sites is 1. The van der Waals surface area contributed by atoms with Crippen molar-refractivity contribution in [2.24, 2.45) is 0 Å². The molecule has 0 N–H and O–H groups in total. The van der Waals surface area contributed by atoms with E-state index in [-0.39, 0.29) is 22.3 Å². The van der Waals surface area contributed by atoms with Gasteiger partial charge in [0.05, 0.1) is 16.3 Å². The maximum Gasteiger partial charge on any atom is 0.336 e. The van der Waals surface area contributed by atoms with Crippen molar-refractivity contribution in [2.45, 2.75) is 13.8 Å². The van der Waals surface area contributed by atoms with Gasteiger partial charge in [0, 0.05) is 30.0 Å². The molecular formula is C21H16FN3O5S. The molecule has 31 heavy (non-hydrogen) atoms. The van der Waals surface area contributed by atoms with Crippen LogP contribution in [0, 0.1) is 22.9 Å². The van der Waals surface area contributed by atoms with Gasteiger partial charge in [-0.1, -0.05) is 12.1 Å². The molecule has 1 amide bonds. The first-order valence-electron chi connectivity index (χ1n) is 8.92. The molecule has 0 aliphatic rings. The number of ether oxygens (including phenoxy) is 1. The van der Waals surface area contributed by atoms with Crippen LogP contribution in [0.5, 0.6) is 5.75 Å². The predicted octanol–water partition coefficient (Wildman–Crippen LogP) is 4.80. The fourth-order valence-corrected chi connectivity index (χ4v) is 3.54. The molecule has 3 aromatic rings. The summed E-state index contributed by atoms with van der Waals surface area (Å²) in [5.41, 5.74) is 0.739. The highest BCUT2D eigenvalue weighted by molar-refractivity contribution is 7.14. The Labute approximate surface area is 180 Å². The van der Waals surface area contributed by atoms with Gasteiger partial charge in [-0.15, -0.1) is 11.3 Å². The smallest absolute Gasteiger partial charge is 0.336 e. The number of esters is 1. The maximum atomic E-state index is 14.1. The van der Waals surface area contributed by atoms with Crippen LogP contribution in [0.2, 0.25) is 0 Å². The Balaban J connectivity index is 1.73. The Hall–Kier alpha value is -3.92. The first-order valence-corrected chi connectivity index (χ1v) is 9.80. The first kappa shape index (κ1) is 21.8. The van der Waals surface area contributed by atoms with E-state index in [4.69, 9.17) is 4.74 Å². The predicted molar refractivity (Wildman–Crippen MR) is 114 cm³/mol. The fraction of sp³-hybridized carbons (Fsp3) is 0.0952. The van der Waals surface area contributed by atoms with Crippen LogP contribution < -0.4 is 9.64 Å². The van der Waals surface area contributed by atoms with E-state index in [2.05, 4.69) is 4.98 Å². The van der Waals surface area contributed by atoms with Crippen LogP contribution in [0.15, 0.2) is 53.9 Å². The summed E-state index contributed by atoms with van der Waals surface area (Å²) in [5, 5.41) is 12.7. The number of anilines is 2. The minimum absolute atomic E-state index is 0.0739. The normalized spacial score (nSPS) is 10.8. The van der Waals surface area contributed by atoms with Gasteiger partial charge in [0.15, 0.2) is 5.13 Å². The lowest BCUT2D eigenvalue weighted by Crippen LogP contribution is -2.23. The number of amides is 1. The summed E-state index contributed by atoms with van der Waals surface area (Å²) in [6.07, 6.45) is 2.52. The summed E-state index contributed by atoms with van der Waals surface area (Å²) in [4.78, 5) is 39.8. The molecule has 158 valence electrons. The van der Waals surface area contributed by atoms with Gasteiger partial charge in [0.25, 0.3) is 5.69 Å². The van der Waals surface area contributed by atoms with E-state index in [9.17, 15) is 24.1 Å². The number of aryl methyl sites for hydroxylation is 1. The average molecular weight is 441 g/mol. The standard InChI is InChI=1S/C21H16FN3O5S/c1-13-11-16(8-9-18(13)25(28)29)30-20(27)10-7-15-12-31-21(23-15)24(14(2)26)19-6-4-3-5-17(19)22/h3-12H,1-2H3/b10-7+. The van der Waals surface area contributed by atoms with E-state index < -0.39 is 22.6 Å². The van der Waals surface area contributed by atoms with E-state index >= 15 is 0 Å². The van der Waals surface area contributed by atoms with Crippen molar-refractivity contribution < 1.29 is 23.6 Å². The highest BCUT2D eigenvalue weighted by Crippen LogP contribution is 2.31. The molecule has 10 heteroatoms. The molecule has 0 aliphatic heterocycles. The zero-order valence-electron chi connectivity index (χ0n) is 16.4. The fourth-order valence-electron chi connectivity index (χ4n) is 2.70. The number of thiazole rings is 1. The monoisotopic (exact) mass is 441 g/mol. The number of nitrogens with zero attached hydrogens (tertiary/aromatic N) is 3. The number of carbonyl (C=O) groups is 2. The average Bonchev–Trinajstić information content (AvgIpc) is 3.16. The van der Waals surface area contributed by atoms with Gasteiger partial charge in [-0.3, -0.25) is 19.8 Å². The lowest BCUT2D eigenvalue weighted by molar-refractivity contribution is -0.385. The molecule has 0 saturated heterocycles. The van der Waals surface area contributed by atoms with E-state index in [1.54, 1.807) is 18.4 Å². The number of nitro groups is 1. The van der Waals surface area contributed by atoms with Gasteiger partial charge < -0.3 is 4.74 Å². The number of aromatic nitrogens is 1. The third-order valence-electron chi connectivity index (χ3n) is 4.08. The van der Waals surface area contributed by atoms with Crippen molar-refractivity contribution in [3.63, 3.8) is 0 Å². The number of halogens is 1. The zero-order chi connectivity index (χ0) is 22.5. The molecule has 0 saturated carbocycles. The third kappa shape index (κ3) is 5.17. The van der Waals surface area contributed by atoms with Gasteiger partial charge in [-0.2, -0.15) is 0 Å². The molecule has 2 aromatic carbocycles. The molecule has 0 atom stereocenters.